The molecule has 2 heterocycles. The number of amides is 2. The first-order chi connectivity index (χ1) is 17.9. The number of aryl methyl sites for hydroxylation is 1. The van der Waals surface area contributed by atoms with Crippen molar-refractivity contribution in [2.45, 2.75) is 31.1 Å². The van der Waals surface area contributed by atoms with Crippen molar-refractivity contribution in [1.29, 1.82) is 0 Å². The summed E-state index contributed by atoms with van der Waals surface area (Å²) < 4.78 is 5.28. The number of hydrazone groups is 1. The van der Waals surface area contributed by atoms with Gasteiger partial charge in [-0.15, -0.1) is 0 Å². The molecule has 2 amide bonds. The number of methoxy groups -OCH3 is 1. The predicted octanol–water partition coefficient (Wildman–Crippen LogP) is 5.83. The summed E-state index contributed by atoms with van der Waals surface area (Å²) in [6, 6.07) is 23.0. The zero-order valence-electron chi connectivity index (χ0n) is 20.3. The quantitative estimate of drug-likeness (QED) is 0.431. The molecule has 2 aliphatic heterocycles. The maximum atomic E-state index is 12.8. The van der Waals surface area contributed by atoms with Crippen LogP contribution in [0.4, 0.5) is 5.69 Å². The van der Waals surface area contributed by atoms with Gasteiger partial charge in [0.2, 0.25) is 5.91 Å². The molecular formula is C28H25ClN4O3S. The highest BCUT2D eigenvalue weighted by Crippen LogP contribution is 2.38. The van der Waals surface area contributed by atoms with Crippen LogP contribution in [0.25, 0.3) is 0 Å². The topological polar surface area (TPSA) is 83.4 Å². The van der Waals surface area contributed by atoms with Crippen LogP contribution in [0.2, 0.25) is 5.02 Å². The molecule has 3 aromatic rings. The molecule has 37 heavy (non-hydrogen) atoms. The molecule has 2 atom stereocenters. The number of thioether (sulfide) groups is 1. The predicted molar refractivity (Wildman–Crippen MR) is 148 cm³/mol. The Morgan fingerprint density at radius 2 is 1.89 bits per heavy atom. The van der Waals surface area contributed by atoms with Gasteiger partial charge in [-0.05, 0) is 60.0 Å². The lowest BCUT2D eigenvalue weighted by Gasteiger charge is -2.23. The van der Waals surface area contributed by atoms with Crippen molar-refractivity contribution in [3.8, 4) is 5.75 Å². The molecule has 0 bridgehead atoms. The van der Waals surface area contributed by atoms with Crippen molar-refractivity contribution in [1.82, 2.24) is 5.01 Å². The van der Waals surface area contributed by atoms with E-state index < -0.39 is 5.25 Å². The van der Waals surface area contributed by atoms with E-state index >= 15 is 0 Å². The first-order valence-electron chi connectivity index (χ1n) is 11.8. The molecule has 3 aromatic carbocycles. The molecule has 2 unspecified atom stereocenters. The average molecular weight is 533 g/mol. The van der Waals surface area contributed by atoms with Crippen LogP contribution in [-0.4, -0.2) is 40.1 Å². The fourth-order valence-electron chi connectivity index (χ4n) is 4.23. The minimum absolute atomic E-state index is 0.000883. The van der Waals surface area contributed by atoms with Gasteiger partial charge >= 0.3 is 0 Å². The molecule has 0 saturated carbocycles. The number of carbonyl (C=O) groups excluding carboxylic acids is 2. The lowest BCUT2D eigenvalue weighted by molar-refractivity contribution is -0.121. The van der Waals surface area contributed by atoms with Crippen LogP contribution in [0.15, 0.2) is 82.9 Å². The zero-order chi connectivity index (χ0) is 25.9. The van der Waals surface area contributed by atoms with Crippen molar-refractivity contribution in [2.24, 2.45) is 10.1 Å². The van der Waals surface area contributed by atoms with E-state index in [9.17, 15) is 9.59 Å². The average Bonchev–Trinajstić information content (AvgIpc) is 3.51. The molecular weight excluding hydrogens is 508 g/mol. The fourth-order valence-corrected chi connectivity index (χ4v) is 5.48. The van der Waals surface area contributed by atoms with E-state index in [-0.39, 0.29) is 24.3 Å². The SMILES string of the molecule is COc1ccc(C2=NN(C3=NC(=O)C(CC(=O)Nc4ccc(C)c(Cl)c4)S3)C(c3ccccc3)C2)cc1. The Bertz CT molecular complexity index is 1390. The fraction of sp³-hybridized carbons (Fsp3) is 0.214. The normalized spacial score (nSPS) is 19.0. The number of amidine groups is 1. The van der Waals surface area contributed by atoms with Crippen LogP contribution >= 0.6 is 23.4 Å². The third kappa shape index (κ3) is 5.55. The first kappa shape index (κ1) is 25.0. The third-order valence-electron chi connectivity index (χ3n) is 6.27. The zero-order valence-corrected chi connectivity index (χ0v) is 21.9. The van der Waals surface area contributed by atoms with E-state index in [4.69, 9.17) is 21.4 Å². The van der Waals surface area contributed by atoms with E-state index in [0.717, 1.165) is 28.2 Å². The summed E-state index contributed by atoms with van der Waals surface area (Å²) in [6.45, 7) is 1.89. The van der Waals surface area contributed by atoms with Crippen molar-refractivity contribution in [3.05, 3.63) is 94.5 Å². The number of anilines is 1. The Balaban J connectivity index is 1.33. The smallest absolute Gasteiger partial charge is 0.262 e. The van der Waals surface area contributed by atoms with Crippen LogP contribution in [-0.2, 0) is 9.59 Å². The second-order valence-corrected chi connectivity index (χ2v) is 10.4. The van der Waals surface area contributed by atoms with E-state index in [1.165, 1.54) is 11.8 Å². The first-order valence-corrected chi connectivity index (χ1v) is 13.1. The van der Waals surface area contributed by atoms with Crippen molar-refractivity contribution < 1.29 is 14.3 Å². The van der Waals surface area contributed by atoms with Gasteiger partial charge in [-0.1, -0.05) is 59.8 Å². The van der Waals surface area contributed by atoms with E-state index in [1.54, 1.807) is 19.2 Å². The standard InChI is InChI=1S/C28H25ClN4O3S/c1-17-8-11-20(14-22(17)29)30-26(34)16-25-27(35)31-28(37-25)33-24(19-6-4-3-5-7-19)15-23(32-33)18-9-12-21(36-2)13-10-18/h3-14,24-25H,15-16H2,1-2H3,(H,30,34). The molecule has 9 heteroatoms. The number of aliphatic imine (C=N–C) groups is 1. The Kier molecular flexibility index (Phi) is 7.30. The highest BCUT2D eigenvalue weighted by atomic mass is 35.5. The van der Waals surface area contributed by atoms with Gasteiger partial charge in [0.1, 0.15) is 11.0 Å². The van der Waals surface area contributed by atoms with Gasteiger partial charge in [0.15, 0.2) is 5.17 Å². The number of nitrogens with one attached hydrogen (secondary N) is 1. The molecule has 0 radical (unpaired) electrons. The molecule has 0 saturated heterocycles. The molecule has 0 fully saturated rings. The Morgan fingerprint density at radius 3 is 2.59 bits per heavy atom. The van der Waals surface area contributed by atoms with Crippen LogP contribution in [0.1, 0.15) is 35.6 Å². The molecule has 0 aliphatic carbocycles. The largest absolute Gasteiger partial charge is 0.497 e. The number of nitrogens with zero attached hydrogens (tertiary/aromatic N) is 3. The number of carbonyl (C=O) groups is 2. The minimum Gasteiger partial charge on any atom is -0.497 e. The molecule has 2 aliphatic rings. The van der Waals surface area contributed by atoms with Crippen LogP contribution < -0.4 is 10.1 Å². The van der Waals surface area contributed by atoms with Gasteiger partial charge in [-0.25, -0.2) is 5.01 Å². The Hall–Kier alpha value is -3.62. The van der Waals surface area contributed by atoms with Crippen molar-refractivity contribution in [3.63, 3.8) is 0 Å². The van der Waals surface area contributed by atoms with Crippen LogP contribution in [0.3, 0.4) is 0 Å². The number of hydrogen-bond donors (Lipinski definition) is 1. The molecule has 0 aromatic heterocycles. The summed E-state index contributed by atoms with van der Waals surface area (Å²) in [4.78, 5) is 29.8. The van der Waals surface area contributed by atoms with Crippen molar-refractivity contribution in [2.75, 3.05) is 12.4 Å². The summed E-state index contributed by atoms with van der Waals surface area (Å²) in [5.41, 5.74) is 4.46. The Labute approximate surface area is 224 Å². The minimum atomic E-state index is -0.618. The molecule has 5 rings (SSSR count). The summed E-state index contributed by atoms with van der Waals surface area (Å²) >= 11 is 7.44. The van der Waals surface area contributed by atoms with E-state index in [0.29, 0.717) is 22.3 Å². The number of ether oxygens (including phenoxy) is 1. The van der Waals surface area contributed by atoms with Gasteiger partial charge in [0, 0.05) is 23.6 Å². The van der Waals surface area contributed by atoms with Gasteiger partial charge in [-0.2, -0.15) is 10.1 Å². The maximum Gasteiger partial charge on any atom is 0.262 e. The second kappa shape index (κ2) is 10.8. The number of benzene rings is 3. The van der Waals surface area contributed by atoms with Gasteiger partial charge in [0.05, 0.1) is 18.9 Å². The highest BCUT2D eigenvalue weighted by Gasteiger charge is 2.39. The molecule has 7 nitrogen and oxygen atoms in total. The molecule has 188 valence electrons. The number of hydrogen-bond acceptors (Lipinski definition) is 6. The maximum absolute atomic E-state index is 12.8. The van der Waals surface area contributed by atoms with Gasteiger partial charge in [0.25, 0.3) is 5.91 Å². The monoisotopic (exact) mass is 532 g/mol. The number of halogens is 1. The molecule has 0 spiro atoms. The van der Waals surface area contributed by atoms with Crippen LogP contribution in [0.5, 0.6) is 5.75 Å². The van der Waals surface area contributed by atoms with E-state index in [2.05, 4.69) is 10.3 Å². The van der Waals surface area contributed by atoms with Crippen molar-refractivity contribution >= 4 is 51.7 Å². The summed E-state index contributed by atoms with van der Waals surface area (Å²) in [5.74, 6) is 0.164. The third-order valence-corrected chi connectivity index (χ3v) is 7.82. The van der Waals surface area contributed by atoms with Gasteiger partial charge < -0.3 is 10.1 Å². The summed E-state index contributed by atoms with van der Waals surface area (Å²) in [7, 11) is 1.63. The summed E-state index contributed by atoms with van der Waals surface area (Å²) in [5, 5.41) is 9.97. The number of rotatable bonds is 6. The lowest BCUT2D eigenvalue weighted by atomic mass is 9.98. The van der Waals surface area contributed by atoms with Gasteiger partial charge in [-0.3, -0.25) is 9.59 Å². The molecule has 1 N–H and O–H groups in total. The highest BCUT2D eigenvalue weighted by molar-refractivity contribution is 8.15. The van der Waals surface area contributed by atoms with Crippen LogP contribution in [0, 0.1) is 6.92 Å². The van der Waals surface area contributed by atoms with E-state index in [1.807, 2.05) is 72.6 Å². The Morgan fingerprint density at radius 1 is 1.14 bits per heavy atom. The lowest BCUT2D eigenvalue weighted by Crippen LogP contribution is -2.25. The second-order valence-electron chi connectivity index (χ2n) is 8.81. The summed E-state index contributed by atoms with van der Waals surface area (Å²) in [6.07, 6.45) is 0.657.